The van der Waals surface area contributed by atoms with Crippen molar-refractivity contribution in [2.75, 3.05) is 6.79 Å². The van der Waals surface area contributed by atoms with Gasteiger partial charge < -0.3 is 14.0 Å². The van der Waals surface area contributed by atoms with Crippen LogP contribution >= 0.6 is 11.3 Å². The first-order valence-electron chi connectivity index (χ1n) is 7.47. The van der Waals surface area contributed by atoms with Gasteiger partial charge in [0, 0.05) is 11.6 Å². The van der Waals surface area contributed by atoms with Gasteiger partial charge in [-0.05, 0) is 24.3 Å². The molecule has 0 saturated carbocycles. The third kappa shape index (κ3) is 2.72. The summed E-state index contributed by atoms with van der Waals surface area (Å²) in [7, 11) is 0. The van der Waals surface area contributed by atoms with Crippen LogP contribution in [-0.4, -0.2) is 17.3 Å². The molecular formula is C18H10F2N2O3S. The van der Waals surface area contributed by atoms with Gasteiger partial charge in [0.25, 0.3) is 5.91 Å². The van der Waals surface area contributed by atoms with E-state index in [2.05, 4.69) is 10.9 Å². The second-order valence-corrected chi connectivity index (χ2v) is 6.40. The first-order chi connectivity index (χ1) is 12.6. The molecule has 2 heterocycles. The molecule has 0 bridgehead atoms. The van der Waals surface area contributed by atoms with Crippen molar-refractivity contribution in [3.8, 4) is 23.8 Å². The van der Waals surface area contributed by atoms with Gasteiger partial charge in [0.2, 0.25) is 6.79 Å². The van der Waals surface area contributed by atoms with Crippen LogP contribution in [0.5, 0.6) is 11.5 Å². The van der Waals surface area contributed by atoms with E-state index in [1.807, 2.05) is 0 Å². The molecule has 1 aromatic heterocycles. The van der Waals surface area contributed by atoms with Crippen molar-refractivity contribution >= 4 is 27.5 Å². The lowest BCUT2D eigenvalue weighted by atomic mass is 10.2. The number of terminal acetylenes is 1. The Morgan fingerprint density at radius 2 is 2.08 bits per heavy atom. The van der Waals surface area contributed by atoms with Gasteiger partial charge in [0.15, 0.2) is 22.1 Å². The minimum Gasteiger partial charge on any atom is -0.454 e. The summed E-state index contributed by atoms with van der Waals surface area (Å²) in [5.74, 6) is 1.36. The average Bonchev–Trinajstić information content (AvgIpc) is 3.19. The van der Waals surface area contributed by atoms with Gasteiger partial charge in [-0.3, -0.25) is 4.79 Å². The number of ether oxygens (including phenoxy) is 2. The first kappa shape index (κ1) is 16.3. The average molecular weight is 372 g/mol. The van der Waals surface area contributed by atoms with E-state index in [0.29, 0.717) is 16.2 Å². The molecule has 0 N–H and O–H groups in total. The molecule has 0 aliphatic carbocycles. The van der Waals surface area contributed by atoms with E-state index in [9.17, 15) is 13.6 Å². The SMILES string of the molecule is C#CCn1c(=NC(=O)c2ccc3c(c2)OCO3)sc2cc(F)cc(F)c21. The largest absolute Gasteiger partial charge is 0.454 e. The zero-order valence-corrected chi connectivity index (χ0v) is 14.0. The number of hydrogen-bond acceptors (Lipinski definition) is 4. The molecular weight excluding hydrogens is 362 g/mol. The van der Waals surface area contributed by atoms with Crippen LogP contribution in [0.4, 0.5) is 8.78 Å². The van der Waals surface area contributed by atoms with E-state index in [1.165, 1.54) is 16.7 Å². The summed E-state index contributed by atoms with van der Waals surface area (Å²) in [6.07, 6.45) is 5.34. The zero-order chi connectivity index (χ0) is 18.3. The Morgan fingerprint density at radius 1 is 1.27 bits per heavy atom. The number of carbonyl (C=O) groups is 1. The maximum atomic E-state index is 14.2. The number of aromatic nitrogens is 1. The van der Waals surface area contributed by atoms with Crippen LogP contribution in [0.1, 0.15) is 10.4 Å². The minimum atomic E-state index is -0.761. The summed E-state index contributed by atoms with van der Waals surface area (Å²) in [5.41, 5.74) is 0.400. The molecule has 1 aliphatic rings. The predicted octanol–water partition coefficient (Wildman–Crippen LogP) is 3.08. The van der Waals surface area contributed by atoms with Crippen LogP contribution in [0, 0.1) is 24.0 Å². The van der Waals surface area contributed by atoms with Crippen LogP contribution in [0.25, 0.3) is 10.2 Å². The predicted molar refractivity (Wildman–Crippen MR) is 91.0 cm³/mol. The molecule has 0 spiro atoms. The quantitative estimate of drug-likeness (QED) is 0.650. The summed E-state index contributed by atoms with van der Waals surface area (Å²) >= 11 is 0.985. The molecule has 3 aromatic rings. The van der Waals surface area contributed by atoms with Crippen molar-refractivity contribution in [2.45, 2.75) is 6.54 Å². The molecule has 0 atom stereocenters. The standard InChI is InChI=1S/C18H10F2N2O3S/c1-2-5-22-16-12(20)7-11(19)8-15(16)26-18(22)21-17(23)10-3-4-13-14(6-10)25-9-24-13/h1,3-4,6-8H,5,9H2. The molecule has 1 amide bonds. The van der Waals surface area contributed by atoms with Crippen molar-refractivity contribution in [1.29, 1.82) is 0 Å². The zero-order valence-electron chi connectivity index (χ0n) is 13.2. The van der Waals surface area contributed by atoms with Crippen molar-refractivity contribution in [2.24, 2.45) is 4.99 Å². The molecule has 0 radical (unpaired) electrons. The fraction of sp³-hybridized carbons (Fsp3) is 0.111. The normalized spacial score (nSPS) is 13.2. The molecule has 5 nitrogen and oxygen atoms in total. The van der Waals surface area contributed by atoms with E-state index in [1.54, 1.807) is 12.1 Å². The molecule has 130 valence electrons. The highest BCUT2D eigenvalue weighted by molar-refractivity contribution is 7.16. The van der Waals surface area contributed by atoms with Crippen LogP contribution in [0.3, 0.4) is 0 Å². The molecule has 0 unspecified atom stereocenters. The summed E-state index contributed by atoms with van der Waals surface area (Å²) < 4.78 is 39.8. The highest BCUT2D eigenvalue weighted by atomic mass is 32.1. The third-order valence-electron chi connectivity index (χ3n) is 3.76. The van der Waals surface area contributed by atoms with E-state index >= 15 is 0 Å². The number of amides is 1. The van der Waals surface area contributed by atoms with Crippen molar-refractivity contribution in [3.63, 3.8) is 0 Å². The Morgan fingerprint density at radius 3 is 2.88 bits per heavy atom. The van der Waals surface area contributed by atoms with Gasteiger partial charge in [-0.2, -0.15) is 4.99 Å². The molecule has 0 fully saturated rings. The first-order valence-corrected chi connectivity index (χ1v) is 8.29. The molecule has 0 saturated heterocycles. The molecule has 4 rings (SSSR count). The van der Waals surface area contributed by atoms with Gasteiger partial charge in [-0.15, -0.1) is 6.42 Å². The number of thiazole rings is 1. The maximum absolute atomic E-state index is 14.2. The minimum absolute atomic E-state index is 0.00416. The third-order valence-corrected chi connectivity index (χ3v) is 4.79. The van der Waals surface area contributed by atoms with E-state index < -0.39 is 17.5 Å². The number of benzene rings is 2. The highest BCUT2D eigenvalue weighted by Crippen LogP contribution is 2.32. The lowest BCUT2D eigenvalue weighted by Crippen LogP contribution is -2.17. The second-order valence-electron chi connectivity index (χ2n) is 5.39. The Hall–Kier alpha value is -3.18. The molecule has 8 heteroatoms. The lowest BCUT2D eigenvalue weighted by molar-refractivity contribution is 0.0997. The van der Waals surface area contributed by atoms with E-state index in [4.69, 9.17) is 15.9 Å². The summed E-state index contributed by atoms with van der Waals surface area (Å²) in [6.45, 7) is 0.0866. The van der Waals surface area contributed by atoms with Gasteiger partial charge >= 0.3 is 0 Å². The molecule has 1 aliphatic heterocycles. The second kappa shape index (κ2) is 6.28. The Labute approximate surface area is 150 Å². The van der Waals surface area contributed by atoms with E-state index in [0.717, 1.165) is 17.4 Å². The highest BCUT2D eigenvalue weighted by Gasteiger charge is 2.17. The van der Waals surface area contributed by atoms with Crippen molar-refractivity contribution in [3.05, 3.63) is 52.3 Å². The van der Waals surface area contributed by atoms with Gasteiger partial charge in [0.1, 0.15) is 5.82 Å². The van der Waals surface area contributed by atoms with Crippen LogP contribution < -0.4 is 14.3 Å². The Bertz CT molecular complexity index is 1160. The van der Waals surface area contributed by atoms with Crippen molar-refractivity contribution < 1.29 is 23.0 Å². The topological polar surface area (TPSA) is 52.8 Å². The fourth-order valence-electron chi connectivity index (χ4n) is 2.63. The van der Waals surface area contributed by atoms with Crippen LogP contribution in [0.2, 0.25) is 0 Å². The monoisotopic (exact) mass is 372 g/mol. The fourth-order valence-corrected chi connectivity index (χ4v) is 3.70. The summed E-state index contributed by atoms with van der Waals surface area (Å²) in [5, 5.41) is 0. The Balaban J connectivity index is 1.85. The van der Waals surface area contributed by atoms with Gasteiger partial charge in [-0.25, -0.2) is 8.78 Å². The van der Waals surface area contributed by atoms with Crippen molar-refractivity contribution in [1.82, 2.24) is 4.57 Å². The Kier molecular flexibility index (Phi) is 3.93. The van der Waals surface area contributed by atoms with Crippen LogP contribution in [-0.2, 0) is 6.54 Å². The number of carbonyl (C=O) groups excluding carboxylic acids is 1. The number of rotatable bonds is 2. The van der Waals surface area contributed by atoms with Gasteiger partial charge in [-0.1, -0.05) is 17.3 Å². The molecule has 2 aromatic carbocycles. The number of halogens is 2. The number of fused-ring (bicyclic) bond motifs is 2. The number of hydrogen-bond donors (Lipinski definition) is 0. The summed E-state index contributed by atoms with van der Waals surface area (Å²) in [4.78, 5) is 16.7. The lowest BCUT2D eigenvalue weighted by Gasteiger charge is -2.01. The number of nitrogens with zero attached hydrogens (tertiary/aromatic N) is 2. The summed E-state index contributed by atoms with van der Waals surface area (Å²) in [6, 6.07) is 6.64. The maximum Gasteiger partial charge on any atom is 0.279 e. The molecule has 26 heavy (non-hydrogen) atoms. The van der Waals surface area contributed by atoms with E-state index in [-0.39, 0.29) is 29.2 Å². The van der Waals surface area contributed by atoms with Crippen LogP contribution in [0.15, 0.2) is 35.3 Å². The smallest absolute Gasteiger partial charge is 0.279 e. The van der Waals surface area contributed by atoms with Gasteiger partial charge in [0.05, 0.1) is 16.8 Å².